The minimum atomic E-state index is -0.216. The van der Waals surface area contributed by atoms with E-state index in [1.54, 1.807) is 6.07 Å². The largest absolute Gasteiger partial charge is 0.480 e. The quantitative estimate of drug-likeness (QED) is 0.913. The standard InChI is InChI=1S/C14H15N3O3/c1-19-14-11(7-9-3-2-4-12(9)16-14)13(18)15-8-10-5-6-20-17-10/h5-7H,2-4,8H2,1H3,(H,15,18). The van der Waals surface area contributed by atoms with Crippen LogP contribution in [0.1, 0.15) is 33.7 Å². The molecule has 2 heterocycles. The summed E-state index contributed by atoms with van der Waals surface area (Å²) < 4.78 is 9.94. The van der Waals surface area contributed by atoms with Gasteiger partial charge >= 0.3 is 0 Å². The third-order valence-electron chi connectivity index (χ3n) is 3.38. The molecule has 104 valence electrons. The summed E-state index contributed by atoms with van der Waals surface area (Å²) in [6.07, 6.45) is 4.47. The molecule has 1 N–H and O–H groups in total. The van der Waals surface area contributed by atoms with Crippen LogP contribution in [0.4, 0.5) is 0 Å². The highest BCUT2D eigenvalue weighted by atomic mass is 16.5. The topological polar surface area (TPSA) is 77.2 Å². The van der Waals surface area contributed by atoms with Gasteiger partial charge in [-0.1, -0.05) is 5.16 Å². The second-order valence-electron chi connectivity index (χ2n) is 4.68. The second kappa shape index (κ2) is 5.32. The zero-order valence-corrected chi connectivity index (χ0v) is 11.2. The molecule has 0 atom stereocenters. The van der Waals surface area contributed by atoms with Crippen LogP contribution >= 0.6 is 0 Å². The van der Waals surface area contributed by atoms with Gasteiger partial charge in [0.1, 0.15) is 17.5 Å². The Bertz CT molecular complexity index is 623. The van der Waals surface area contributed by atoms with E-state index in [4.69, 9.17) is 9.26 Å². The summed E-state index contributed by atoms with van der Waals surface area (Å²) in [7, 11) is 1.53. The molecule has 0 saturated carbocycles. The Morgan fingerprint density at radius 3 is 3.15 bits per heavy atom. The lowest BCUT2D eigenvalue weighted by Crippen LogP contribution is -2.24. The van der Waals surface area contributed by atoms with Gasteiger partial charge in [0.2, 0.25) is 5.88 Å². The van der Waals surface area contributed by atoms with E-state index in [9.17, 15) is 4.79 Å². The third-order valence-corrected chi connectivity index (χ3v) is 3.38. The summed E-state index contributed by atoms with van der Waals surface area (Å²) in [5.74, 6) is 0.162. The van der Waals surface area contributed by atoms with E-state index >= 15 is 0 Å². The van der Waals surface area contributed by atoms with Gasteiger partial charge in [0, 0.05) is 11.8 Å². The van der Waals surface area contributed by atoms with Crippen LogP contribution in [0.5, 0.6) is 5.88 Å². The van der Waals surface area contributed by atoms with Crippen LogP contribution in [0.15, 0.2) is 22.9 Å². The lowest BCUT2D eigenvalue weighted by molar-refractivity contribution is 0.0946. The van der Waals surface area contributed by atoms with Gasteiger partial charge in [-0.05, 0) is 30.9 Å². The fourth-order valence-corrected chi connectivity index (χ4v) is 2.37. The molecule has 0 aliphatic heterocycles. The maximum atomic E-state index is 12.2. The predicted octanol–water partition coefficient (Wildman–Crippen LogP) is 1.50. The van der Waals surface area contributed by atoms with E-state index in [0.29, 0.717) is 23.7 Å². The minimum Gasteiger partial charge on any atom is -0.480 e. The van der Waals surface area contributed by atoms with Crippen LogP contribution in [0, 0.1) is 0 Å². The summed E-state index contributed by atoms with van der Waals surface area (Å²) in [4.78, 5) is 16.7. The molecule has 0 spiro atoms. The molecule has 0 fully saturated rings. The molecule has 6 nitrogen and oxygen atoms in total. The zero-order chi connectivity index (χ0) is 13.9. The number of pyridine rings is 1. The van der Waals surface area contributed by atoms with Crippen molar-refractivity contribution in [3.05, 3.63) is 40.9 Å². The number of methoxy groups -OCH3 is 1. The monoisotopic (exact) mass is 273 g/mol. The average Bonchev–Trinajstić information content (AvgIpc) is 3.13. The first-order valence-corrected chi connectivity index (χ1v) is 6.52. The first kappa shape index (κ1) is 12.7. The van der Waals surface area contributed by atoms with E-state index in [-0.39, 0.29) is 5.91 Å². The Labute approximate surface area is 116 Å². The molecular formula is C14H15N3O3. The van der Waals surface area contributed by atoms with Gasteiger partial charge in [0.05, 0.1) is 13.7 Å². The highest BCUT2D eigenvalue weighted by molar-refractivity contribution is 5.96. The maximum absolute atomic E-state index is 12.2. The molecule has 0 aromatic carbocycles. The normalized spacial score (nSPS) is 13.1. The average molecular weight is 273 g/mol. The first-order valence-electron chi connectivity index (χ1n) is 6.52. The fraction of sp³-hybridized carbons (Fsp3) is 0.357. The third kappa shape index (κ3) is 2.36. The van der Waals surface area contributed by atoms with Crippen LogP contribution in [-0.2, 0) is 19.4 Å². The number of carbonyl (C=O) groups is 1. The van der Waals surface area contributed by atoms with Crippen molar-refractivity contribution in [3.8, 4) is 5.88 Å². The number of hydrogen-bond donors (Lipinski definition) is 1. The zero-order valence-electron chi connectivity index (χ0n) is 11.2. The molecule has 2 aromatic heterocycles. The number of nitrogens with zero attached hydrogens (tertiary/aromatic N) is 2. The Morgan fingerprint density at radius 2 is 2.40 bits per heavy atom. The van der Waals surface area contributed by atoms with Crippen molar-refractivity contribution < 1.29 is 14.1 Å². The van der Waals surface area contributed by atoms with Crippen molar-refractivity contribution in [1.82, 2.24) is 15.5 Å². The lowest BCUT2D eigenvalue weighted by Gasteiger charge is -2.10. The van der Waals surface area contributed by atoms with E-state index in [1.165, 1.54) is 13.4 Å². The molecule has 0 radical (unpaired) electrons. The summed E-state index contributed by atoms with van der Waals surface area (Å²) in [6, 6.07) is 3.59. The van der Waals surface area contributed by atoms with Crippen molar-refractivity contribution >= 4 is 5.91 Å². The van der Waals surface area contributed by atoms with Gasteiger partial charge in [0.15, 0.2) is 0 Å². The van der Waals surface area contributed by atoms with Crippen LogP contribution in [0.3, 0.4) is 0 Å². The van der Waals surface area contributed by atoms with Crippen LogP contribution in [-0.4, -0.2) is 23.2 Å². The van der Waals surface area contributed by atoms with Crippen LogP contribution < -0.4 is 10.1 Å². The minimum absolute atomic E-state index is 0.216. The van der Waals surface area contributed by atoms with Gasteiger partial charge in [-0.2, -0.15) is 0 Å². The molecule has 20 heavy (non-hydrogen) atoms. The molecule has 6 heteroatoms. The van der Waals surface area contributed by atoms with E-state index in [1.807, 2.05) is 6.07 Å². The lowest BCUT2D eigenvalue weighted by atomic mass is 10.1. The van der Waals surface area contributed by atoms with Crippen molar-refractivity contribution in [3.63, 3.8) is 0 Å². The molecule has 0 bridgehead atoms. The molecule has 1 aliphatic rings. The number of amides is 1. The van der Waals surface area contributed by atoms with Crippen molar-refractivity contribution in [1.29, 1.82) is 0 Å². The van der Waals surface area contributed by atoms with Gasteiger partial charge in [-0.15, -0.1) is 0 Å². The van der Waals surface area contributed by atoms with Crippen LogP contribution in [0.25, 0.3) is 0 Å². The van der Waals surface area contributed by atoms with Gasteiger partial charge in [0.25, 0.3) is 5.91 Å². The Balaban J connectivity index is 1.80. The molecule has 1 amide bonds. The molecule has 2 aromatic rings. The Kier molecular flexibility index (Phi) is 3.37. The number of carbonyl (C=O) groups excluding carboxylic acids is 1. The number of aromatic nitrogens is 2. The molecular weight excluding hydrogens is 258 g/mol. The SMILES string of the molecule is COc1nc2c(cc1C(=O)NCc1ccon1)CCC2. The number of fused-ring (bicyclic) bond motifs is 1. The summed E-state index contributed by atoms with van der Waals surface area (Å²) in [6.45, 7) is 0.315. The number of aryl methyl sites for hydroxylation is 2. The molecule has 0 saturated heterocycles. The highest BCUT2D eigenvalue weighted by Gasteiger charge is 2.20. The van der Waals surface area contributed by atoms with Gasteiger partial charge < -0.3 is 14.6 Å². The smallest absolute Gasteiger partial charge is 0.257 e. The van der Waals surface area contributed by atoms with Crippen molar-refractivity contribution in [2.45, 2.75) is 25.8 Å². The van der Waals surface area contributed by atoms with E-state index in [2.05, 4.69) is 15.5 Å². The number of rotatable bonds is 4. The summed E-state index contributed by atoms with van der Waals surface area (Å²) in [5, 5.41) is 6.53. The maximum Gasteiger partial charge on any atom is 0.257 e. The van der Waals surface area contributed by atoms with Crippen molar-refractivity contribution in [2.75, 3.05) is 7.11 Å². The predicted molar refractivity (Wildman–Crippen MR) is 70.5 cm³/mol. The molecule has 3 rings (SSSR count). The Hall–Kier alpha value is -2.37. The van der Waals surface area contributed by atoms with Crippen LogP contribution in [0.2, 0.25) is 0 Å². The summed E-state index contributed by atoms with van der Waals surface area (Å²) in [5.41, 5.74) is 3.32. The number of ether oxygens (including phenoxy) is 1. The van der Waals surface area contributed by atoms with E-state index in [0.717, 1.165) is 30.5 Å². The van der Waals surface area contributed by atoms with Gasteiger partial charge in [-0.3, -0.25) is 4.79 Å². The second-order valence-corrected chi connectivity index (χ2v) is 4.68. The van der Waals surface area contributed by atoms with Gasteiger partial charge in [-0.25, -0.2) is 4.98 Å². The molecule has 0 unspecified atom stereocenters. The first-order chi connectivity index (χ1) is 9.78. The summed E-state index contributed by atoms with van der Waals surface area (Å²) >= 11 is 0. The number of hydrogen-bond acceptors (Lipinski definition) is 5. The highest BCUT2D eigenvalue weighted by Crippen LogP contribution is 2.26. The number of nitrogens with one attached hydrogen (secondary N) is 1. The fourth-order valence-electron chi connectivity index (χ4n) is 2.37. The van der Waals surface area contributed by atoms with Crippen molar-refractivity contribution in [2.24, 2.45) is 0 Å². The molecule has 1 aliphatic carbocycles. The Morgan fingerprint density at radius 1 is 1.50 bits per heavy atom. The van der Waals surface area contributed by atoms with E-state index < -0.39 is 0 Å².